The van der Waals surface area contributed by atoms with Crippen molar-refractivity contribution in [1.82, 2.24) is 0 Å². The first-order chi connectivity index (χ1) is 7.24. The Morgan fingerprint density at radius 1 is 0.750 bits per heavy atom. The van der Waals surface area contributed by atoms with E-state index in [0.29, 0.717) is 6.61 Å². The predicted octanol–water partition coefficient (Wildman–Crippen LogP) is 0.692. The van der Waals surface area contributed by atoms with Crippen LogP contribution in [0.5, 0.6) is 0 Å². The summed E-state index contributed by atoms with van der Waals surface area (Å²) >= 11 is 0. The van der Waals surface area contributed by atoms with Crippen LogP contribution in [-0.4, -0.2) is 73.8 Å². The number of hydrogen-bond donors (Lipinski definition) is 1. The van der Waals surface area contributed by atoms with E-state index in [1.165, 1.54) is 0 Å². The largest absolute Gasteiger partial charge is 2.00 e. The molecule has 0 aromatic heterocycles. The Balaban J connectivity index is -0.0000000655. The van der Waals surface area contributed by atoms with Crippen molar-refractivity contribution in [2.45, 2.75) is 59.3 Å². The first-order valence-corrected chi connectivity index (χ1v) is 6.01. The average Bonchev–Trinajstić information content (AvgIpc) is 2.23. The van der Waals surface area contributed by atoms with Gasteiger partial charge in [0, 0.05) is 6.61 Å². The number of unbranched alkanes of at least 4 members (excludes halogenated alkanes) is 3. The summed E-state index contributed by atoms with van der Waals surface area (Å²) in [6, 6.07) is 0. The van der Waals surface area contributed by atoms with Gasteiger partial charge in [0.1, 0.15) is 0 Å². The van der Waals surface area contributed by atoms with Crippen LogP contribution in [-0.2, 0) is 0 Å². The van der Waals surface area contributed by atoms with Crippen LogP contribution >= 0.6 is 0 Å². The molecule has 4 heteroatoms. The molecule has 3 nitrogen and oxygen atoms in total. The van der Waals surface area contributed by atoms with E-state index in [1.807, 2.05) is 13.8 Å². The van der Waals surface area contributed by atoms with Crippen molar-refractivity contribution in [2.75, 3.05) is 19.8 Å². The van der Waals surface area contributed by atoms with Crippen molar-refractivity contribution in [3.05, 3.63) is 0 Å². The van der Waals surface area contributed by atoms with E-state index >= 15 is 0 Å². The molecular formula is C12H28BaO3. The molecule has 0 heterocycles. The maximum atomic E-state index is 9.53. The zero-order valence-electron chi connectivity index (χ0n) is 11.3. The van der Waals surface area contributed by atoms with Crippen LogP contribution in [0.3, 0.4) is 0 Å². The zero-order chi connectivity index (χ0) is 12.4. The molecule has 0 aromatic carbocycles. The van der Waals surface area contributed by atoms with Crippen molar-refractivity contribution in [3.63, 3.8) is 0 Å². The SMILES string of the molecule is CCCCO.CCCC[O-].CCCC[O-].[Ba+2]. The van der Waals surface area contributed by atoms with Gasteiger partial charge in [0.2, 0.25) is 0 Å². The van der Waals surface area contributed by atoms with Gasteiger partial charge in [-0.3, -0.25) is 0 Å². The molecule has 0 aliphatic carbocycles. The maximum Gasteiger partial charge on any atom is 2.00 e. The first kappa shape index (κ1) is 26.1. The Morgan fingerprint density at radius 2 is 1.06 bits per heavy atom. The predicted molar refractivity (Wildman–Crippen MR) is 67.3 cm³/mol. The van der Waals surface area contributed by atoms with E-state index < -0.39 is 0 Å². The molecule has 0 aliphatic heterocycles. The normalized spacial score (nSPS) is 7.88. The monoisotopic (exact) mass is 358 g/mol. The fourth-order valence-corrected chi connectivity index (χ4v) is 0.447. The van der Waals surface area contributed by atoms with Crippen molar-refractivity contribution in [3.8, 4) is 0 Å². The molecule has 0 spiro atoms. The van der Waals surface area contributed by atoms with Crippen LogP contribution in [0.4, 0.5) is 0 Å². The van der Waals surface area contributed by atoms with E-state index in [4.69, 9.17) is 5.11 Å². The van der Waals surface area contributed by atoms with Gasteiger partial charge in [-0.15, -0.1) is 13.2 Å². The van der Waals surface area contributed by atoms with Crippen LogP contribution in [0.2, 0.25) is 0 Å². The molecule has 0 radical (unpaired) electrons. The smallest absolute Gasteiger partial charge is 0.854 e. The van der Waals surface area contributed by atoms with Crippen LogP contribution in [0.1, 0.15) is 59.3 Å². The molecule has 0 saturated carbocycles. The summed E-state index contributed by atoms with van der Waals surface area (Å²) < 4.78 is 0. The molecule has 0 amide bonds. The molecule has 0 aromatic rings. The van der Waals surface area contributed by atoms with Gasteiger partial charge in [-0.25, -0.2) is 0 Å². The first-order valence-electron chi connectivity index (χ1n) is 6.01. The second-order valence-corrected chi connectivity index (χ2v) is 3.19. The molecule has 0 atom stereocenters. The van der Waals surface area contributed by atoms with E-state index in [1.54, 1.807) is 0 Å². The van der Waals surface area contributed by atoms with Crippen LogP contribution in [0.25, 0.3) is 0 Å². The fourth-order valence-electron chi connectivity index (χ4n) is 0.447. The fraction of sp³-hybridized carbons (Fsp3) is 1.00. The number of rotatable bonds is 6. The summed E-state index contributed by atoms with van der Waals surface area (Å²) in [5.41, 5.74) is 0. The second kappa shape index (κ2) is 36.0. The van der Waals surface area contributed by atoms with E-state index in [-0.39, 0.29) is 62.1 Å². The standard InChI is InChI=1S/C4H10O.2C4H9O.Ba/c3*1-2-3-4-5;/h5H,2-4H2,1H3;2*2-4H2,1H3;/q;2*-1;+2. The van der Waals surface area contributed by atoms with E-state index in [2.05, 4.69) is 6.92 Å². The van der Waals surface area contributed by atoms with Gasteiger partial charge >= 0.3 is 48.9 Å². The van der Waals surface area contributed by atoms with Gasteiger partial charge in [0.25, 0.3) is 0 Å². The van der Waals surface area contributed by atoms with Gasteiger partial charge in [0.15, 0.2) is 0 Å². The molecule has 0 bridgehead atoms. The van der Waals surface area contributed by atoms with Gasteiger partial charge in [0.05, 0.1) is 0 Å². The molecule has 0 aliphatic rings. The number of aliphatic hydroxyl groups is 1. The number of hydrogen-bond acceptors (Lipinski definition) is 3. The van der Waals surface area contributed by atoms with Gasteiger partial charge in [-0.05, 0) is 6.42 Å². The molecule has 0 unspecified atom stereocenters. The molecule has 1 N–H and O–H groups in total. The van der Waals surface area contributed by atoms with Crippen LogP contribution in [0, 0.1) is 0 Å². The Bertz CT molecular complexity index is 53.0. The van der Waals surface area contributed by atoms with Crippen LogP contribution in [0.15, 0.2) is 0 Å². The van der Waals surface area contributed by atoms with Crippen molar-refractivity contribution >= 4 is 48.9 Å². The Morgan fingerprint density at radius 3 is 1.06 bits per heavy atom. The van der Waals surface area contributed by atoms with E-state index in [9.17, 15) is 10.2 Å². The third-order valence-corrected chi connectivity index (χ3v) is 1.51. The molecular weight excluding hydrogens is 329 g/mol. The number of aliphatic hydroxyl groups excluding tert-OH is 1. The maximum absolute atomic E-state index is 9.53. The van der Waals surface area contributed by atoms with Crippen molar-refractivity contribution < 1.29 is 15.3 Å². The van der Waals surface area contributed by atoms with Crippen LogP contribution < -0.4 is 10.2 Å². The molecule has 0 saturated heterocycles. The summed E-state index contributed by atoms with van der Waals surface area (Å²) in [5, 5.41) is 27.1. The topological polar surface area (TPSA) is 66.3 Å². The van der Waals surface area contributed by atoms with Crippen molar-refractivity contribution in [2.24, 2.45) is 0 Å². The minimum Gasteiger partial charge on any atom is -0.854 e. The second-order valence-electron chi connectivity index (χ2n) is 3.19. The molecule has 96 valence electrons. The van der Waals surface area contributed by atoms with E-state index in [0.717, 1.165) is 38.5 Å². The Labute approximate surface area is 142 Å². The Kier molecular flexibility index (Phi) is 58.7. The minimum atomic E-state index is 0. The van der Waals surface area contributed by atoms with Gasteiger partial charge < -0.3 is 15.3 Å². The minimum absolute atomic E-state index is 0. The van der Waals surface area contributed by atoms with Gasteiger partial charge in [-0.1, -0.05) is 52.9 Å². The molecule has 16 heavy (non-hydrogen) atoms. The summed E-state index contributed by atoms with van der Waals surface area (Å²) in [6.07, 6.45) is 5.77. The third kappa shape index (κ3) is 58.1. The Hall–Kier alpha value is 1.45. The summed E-state index contributed by atoms with van der Waals surface area (Å²) in [4.78, 5) is 0. The molecule has 0 fully saturated rings. The quantitative estimate of drug-likeness (QED) is 0.711. The molecule has 0 rings (SSSR count). The van der Waals surface area contributed by atoms with Crippen molar-refractivity contribution in [1.29, 1.82) is 0 Å². The third-order valence-electron chi connectivity index (χ3n) is 1.51. The summed E-state index contributed by atoms with van der Waals surface area (Å²) in [5.74, 6) is 0. The zero-order valence-corrected chi connectivity index (χ0v) is 15.8. The van der Waals surface area contributed by atoms with Gasteiger partial charge in [-0.2, -0.15) is 0 Å². The average molecular weight is 358 g/mol. The summed E-state index contributed by atoms with van der Waals surface area (Å²) in [7, 11) is 0. The summed E-state index contributed by atoms with van der Waals surface area (Å²) in [6.45, 7) is 6.61.